The highest BCUT2D eigenvalue weighted by Crippen LogP contribution is 2.40. The predicted molar refractivity (Wildman–Crippen MR) is 133 cm³/mol. The number of nitrogens with zero attached hydrogens (tertiary/aromatic N) is 3. The van der Waals surface area contributed by atoms with Crippen molar-refractivity contribution in [3.05, 3.63) is 108 Å². The number of nitriles is 1. The van der Waals surface area contributed by atoms with Crippen LogP contribution in [0, 0.1) is 11.3 Å². The van der Waals surface area contributed by atoms with Gasteiger partial charge in [0.15, 0.2) is 0 Å². The summed E-state index contributed by atoms with van der Waals surface area (Å²) >= 11 is 0. The third-order valence-electron chi connectivity index (χ3n) is 6.36. The van der Waals surface area contributed by atoms with Crippen LogP contribution in [0.25, 0.3) is 0 Å². The van der Waals surface area contributed by atoms with E-state index in [9.17, 15) is 10.1 Å². The van der Waals surface area contributed by atoms with Gasteiger partial charge in [0, 0.05) is 18.3 Å². The highest BCUT2D eigenvalue weighted by Gasteiger charge is 2.39. The van der Waals surface area contributed by atoms with Crippen LogP contribution < -0.4 is 15.4 Å². The molecule has 1 aliphatic heterocycles. The molecule has 0 radical (unpaired) electrons. The standard InChI is InChI=1S/C28H25N5O2/c1-33-19-30-18-26(33)28(13-6-14-31-28)22-12-11-21(17-29)25(16-22)35-24-10-5-7-20(15-24)27(34)32-23-8-3-2-4-9-23/h2-5,7-12,15-16,18-19,31H,6,13-14H2,1H3,(H,32,34). The molecule has 1 aromatic heterocycles. The van der Waals surface area contributed by atoms with Crippen LogP contribution in [-0.4, -0.2) is 22.0 Å². The van der Waals surface area contributed by atoms with Crippen molar-refractivity contribution in [2.45, 2.75) is 18.4 Å². The first-order chi connectivity index (χ1) is 17.1. The number of amides is 1. The minimum Gasteiger partial charge on any atom is -0.456 e. The van der Waals surface area contributed by atoms with Crippen LogP contribution in [0.15, 0.2) is 85.3 Å². The number of aromatic nitrogens is 2. The number of imidazole rings is 1. The number of ether oxygens (including phenoxy) is 1. The highest BCUT2D eigenvalue weighted by molar-refractivity contribution is 6.04. The molecule has 35 heavy (non-hydrogen) atoms. The van der Waals surface area contributed by atoms with Crippen LogP contribution in [0.3, 0.4) is 0 Å². The van der Waals surface area contributed by atoms with Gasteiger partial charge in [0.05, 0.1) is 29.3 Å². The third kappa shape index (κ3) is 4.39. The van der Waals surface area contributed by atoms with E-state index in [0.29, 0.717) is 28.3 Å². The average molecular weight is 464 g/mol. The van der Waals surface area contributed by atoms with Gasteiger partial charge in [-0.15, -0.1) is 0 Å². The van der Waals surface area contributed by atoms with Crippen LogP contribution >= 0.6 is 0 Å². The Morgan fingerprint density at radius 3 is 2.71 bits per heavy atom. The Bertz CT molecular complexity index is 1400. The van der Waals surface area contributed by atoms with Crippen LogP contribution in [-0.2, 0) is 12.6 Å². The summed E-state index contributed by atoms with van der Waals surface area (Å²) in [5, 5.41) is 16.3. The summed E-state index contributed by atoms with van der Waals surface area (Å²) in [6.45, 7) is 0.889. The molecule has 1 atom stereocenters. The van der Waals surface area contributed by atoms with E-state index in [1.807, 2.05) is 60.3 Å². The fourth-order valence-corrected chi connectivity index (χ4v) is 4.64. The van der Waals surface area contributed by atoms with Crippen molar-refractivity contribution in [1.82, 2.24) is 14.9 Å². The largest absolute Gasteiger partial charge is 0.456 e. The van der Waals surface area contributed by atoms with Crippen molar-refractivity contribution in [3.63, 3.8) is 0 Å². The number of nitrogens with one attached hydrogen (secondary N) is 2. The van der Waals surface area contributed by atoms with Gasteiger partial charge in [0.1, 0.15) is 17.6 Å². The number of hydrogen-bond donors (Lipinski definition) is 2. The molecule has 1 unspecified atom stereocenters. The molecule has 174 valence electrons. The minimum absolute atomic E-state index is 0.235. The predicted octanol–water partition coefficient (Wildman–Crippen LogP) is 4.96. The zero-order valence-corrected chi connectivity index (χ0v) is 19.4. The first-order valence-corrected chi connectivity index (χ1v) is 11.5. The minimum atomic E-state index is -0.408. The third-order valence-corrected chi connectivity index (χ3v) is 6.36. The second kappa shape index (κ2) is 9.45. The van der Waals surface area contributed by atoms with Gasteiger partial charge in [-0.05, 0) is 67.4 Å². The Balaban J connectivity index is 1.46. The summed E-state index contributed by atoms with van der Waals surface area (Å²) in [6, 6.07) is 24.1. The maximum atomic E-state index is 12.7. The van der Waals surface area contributed by atoms with E-state index in [2.05, 4.69) is 21.7 Å². The van der Waals surface area contributed by atoms with Gasteiger partial charge >= 0.3 is 0 Å². The normalized spacial score (nSPS) is 17.0. The lowest BCUT2D eigenvalue weighted by molar-refractivity contribution is 0.102. The zero-order chi connectivity index (χ0) is 24.3. The maximum absolute atomic E-state index is 12.7. The quantitative estimate of drug-likeness (QED) is 0.422. The lowest BCUT2D eigenvalue weighted by atomic mass is 9.84. The Hall–Kier alpha value is -4.41. The summed E-state index contributed by atoms with van der Waals surface area (Å²) in [4.78, 5) is 17.1. The molecule has 0 saturated carbocycles. The lowest BCUT2D eigenvalue weighted by Gasteiger charge is -2.31. The SMILES string of the molecule is Cn1cncc1C1(c2ccc(C#N)c(Oc3cccc(C(=O)Nc4ccccc4)c3)c2)CCCN1. The Kier molecular flexibility index (Phi) is 6.04. The molecule has 1 saturated heterocycles. The smallest absolute Gasteiger partial charge is 0.255 e. The molecule has 2 N–H and O–H groups in total. The van der Waals surface area contributed by atoms with Crippen molar-refractivity contribution in [1.29, 1.82) is 5.26 Å². The molecule has 1 aliphatic rings. The van der Waals surface area contributed by atoms with Crippen molar-refractivity contribution in [2.75, 3.05) is 11.9 Å². The monoisotopic (exact) mass is 463 g/mol. The van der Waals surface area contributed by atoms with Crippen LogP contribution in [0.1, 0.15) is 40.0 Å². The van der Waals surface area contributed by atoms with E-state index in [1.165, 1.54) is 0 Å². The molecule has 0 bridgehead atoms. The van der Waals surface area contributed by atoms with Crippen LogP contribution in [0.2, 0.25) is 0 Å². The topological polar surface area (TPSA) is 92.0 Å². The van der Waals surface area contributed by atoms with Gasteiger partial charge in [-0.3, -0.25) is 4.79 Å². The summed E-state index contributed by atoms with van der Waals surface area (Å²) in [6.07, 6.45) is 5.61. The van der Waals surface area contributed by atoms with Gasteiger partial charge in [-0.1, -0.05) is 30.3 Å². The van der Waals surface area contributed by atoms with E-state index < -0.39 is 5.54 Å². The van der Waals surface area contributed by atoms with Gasteiger partial charge in [0.25, 0.3) is 5.91 Å². The number of carbonyl (C=O) groups is 1. The van der Waals surface area contributed by atoms with Gasteiger partial charge < -0.3 is 19.9 Å². The summed E-state index contributed by atoms with van der Waals surface area (Å²) in [5.41, 5.74) is 3.26. The first-order valence-electron chi connectivity index (χ1n) is 11.5. The Morgan fingerprint density at radius 1 is 1.14 bits per heavy atom. The van der Waals surface area contributed by atoms with E-state index in [1.54, 1.807) is 36.7 Å². The molecule has 4 aromatic rings. The number of aryl methyl sites for hydroxylation is 1. The molecule has 7 nitrogen and oxygen atoms in total. The highest BCUT2D eigenvalue weighted by atomic mass is 16.5. The van der Waals surface area contributed by atoms with E-state index in [0.717, 1.165) is 30.6 Å². The fraction of sp³-hybridized carbons (Fsp3) is 0.179. The van der Waals surface area contributed by atoms with Gasteiger partial charge in [0.2, 0.25) is 0 Å². The molecular formula is C28H25N5O2. The van der Waals surface area contributed by atoms with E-state index in [4.69, 9.17) is 4.74 Å². The molecule has 2 heterocycles. The number of benzene rings is 3. The number of hydrogen-bond acceptors (Lipinski definition) is 5. The molecule has 1 fully saturated rings. The molecule has 0 spiro atoms. The average Bonchev–Trinajstić information content (AvgIpc) is 3.55. The summed E-state index contributed by atoms with van der Waals surface area (Å²) in [7, 11) is 1.98. The molecule has 5 rings (SSSR count). The maximum Gasteiger partial charge on any atom is 0.255 e. The Labute approximate surface area is 204 Å². The summed E-state index contributed by atoms with van der Waals surface area (Å²) in [5.74, 6) is 0.690. The van der Waals surface area contributed by atoms with Crippen LogP contribution in [0.5, 0.6) is 11.5 Å². The Morgan fingerprint density at radius 2 is 2.00 bits per heavy atom. The van der Waals surface area contributed by atoms with Crippen LogP contribution in [0.4, 0.5) is 5.69 Å². The fourth-order valence-electron chi connectivity index (χ4n) is 4.64. The van der Waals surface area contributed by atoms with Crippen molar-refractivity contribution < 1.29 is 9.53 Å². The zero-order valence-electron chi connectivity index (χ0n) is 19.4. The number of carbonyl (C=O) groups excluding carboxylic acids is 1. The van der Waals surface area contributed by atoms with E-state index in [-0.39, 0.29) is 5.91 Å². The number of anilines is 1. The number of rotatable bonds is 6. The molecule has 7 heteroatoms. The molecule has 3 aromatic carbocycles. The van der Waals surface area contributed by atoms with Gasteiger partial charge in [-0.2, -0.15) is 5.26 Å². The van der Waals surface area contributed by atoms with Crippen molar-refractivity contribution >= 4 is 11.6 Å². The van der Waals surface area contributed by atoms with Crippen molar-refractivity contribution in [3.8, 4) is 17.6 Å². The molecule has 1 amide bonds. The van der Waals surface area contributed by atoms with Gasteiger partial charge in [-0.25, -0.2) is 4.98 Å². The molecular weight excluding hydrogens is 438 g/mol. The second-order valence-corrected chi connectivity index (χ2v) is 8.60. The summed E-state index contributed by atoms with van der Waals surface area (Å²) < 4.78 is 8.20. The lowest BCUT2D eigenvalue weighted by Crippen LogP contribution is -2.39. The second-order valence-electron chi connectivity index (χ2n) is 8.60. The number of para-hydroxylation sites is 1. The first kappa shape index (κ1) is 22.4. The molecule has 0 aliphatic carbocycles. The van der Waals surface area contributed by atoms with Crippen molar-refractivity contribution in [2.24, 2.45) is 7.05 Å². The van der Waals surface area contributed by atoms with E-state index >= 15 is 0 Å².